The molecule has 0 atom stereocenters. The Balaban J connectivity index is 1.55. The van der Waals surface area contributed by atoms with Crippen molar-refractivity contribution in [2.45, 2.75) is 6.61 Å². The van der Waals surface area contributed by atoms with Crippen LogP contribution in [0.2, 0.25) is 0 Å². The molecule has 122 valence electrons. The maximum atomic E-state index is 11.4. The van der Waals surface area contributed by atoms with Crippen LogP contribution in [0.1, 0.15) is 11.3 Å². The molecule has 2 heterocycles. The second-order valence-corrected chi connectivity index (χ2v) is 6.31. The van der Waals surface area contributed by atoms with Crippen LogP contribution in [0.5, 0.6) is 5.75 Å². The van der Waals surface area contributed by atoms with Gasteiger partial charge in [0, 0.05) is 5.56 Å². The minimum absolute atomic E-state index is 0.0826. The Kier molecular flexibility index (Phi) is 3.76. The highest BCUT2D eigenvalue weighted by molar-refractivity contribution is 7.16. The molecular formula is C17H11N5O2S. The average Bonchev–Trinajstić information content (AvgIpc) is 3.25. The molecule has 0 saturated carbocycles. The summed E-state index contributed by atoms with van der Waals surface area (Å²) in [5, 5.41) is 19.4. The van der Waals surface area contributed by atoms with E-state index in [2.05, 4.69) is 20.4 Å². The van der Waals surface area contributed by atoms with Crippen molar-refractivity contribution in [3.8, 4) is 23.1 Å². The Labute approximate surface area is 145 Å². The summed E-state index contributed by atoms with van der Waals surface area (Å²) < 4.78 is 6.68. The first-order chi connectivity index (χ1) is 12.2. The number of thiazole rings is 1. The minimum Gasteiger partial charge on any atom is -0.489 e. The van der Waals surface area contributed by atoms with Crippen LogP contribution in [0, 0.1) is 11.3 Å². The van der Waals surface area contributed by atoms with Crippen molar-refractivity contribution >= 4 is 21.6 Å². The number of benzene rings is 2. The van der Waals surface area contributed by atoms with Crippen LogP contribution >= 0.6 is 11.3 Å². The number of hydrogen-bond acceptors (Lipinski definition) is 6. The fourth-order valence-electron chi connectivity index (χ4n) is 2.50. The third-order valence-electron chi connectivity index (χ3n) is 3.65. The number of rotatable bonds is 4. The van der Waals surface area contributed by atoms with Crippen molar-refractivity contribution in [2.75, 3.05) is 0 Å². The fourth-order valence-corrected chi connectivity index (χ4v) is 3.27. The average molecular weight is 349 g/mol. The first-order valence-corrected chi connectivity index (χ1v) is 8.20. The van der Waals surface area contributed by atoms with Crippen molar-refractivity contribution in [2.24, 2.45) is 0 Å². The number of hydrogen-bond donors (Lipinski definition) is 2. The third-order valence-corrected chi connectivity index (χ3v) is 4.50. The van der Waals surface area contributed by atoms with E-state index >= 15 is 0 Å². The topological polar surface area (TPSA) is 107 Å². The molecule has 0 amide bonds. The molecule has 4 aromatic rings. The van der Waals surface area contributed by atoms with Crippen molar-refractivity contribution < 1.29 is 4.74 Å². The van der Waals surface area contributed by atoms with Gasteiger partial charge in [-0.15, -0.1) is 5.10 Å². The Bertz CT molecular complexity index is 1150. The molecule has 4 rings (SSSR count). The number of fused-ring (bicyclic) bond motifs is 1. The number of nitrogens with one attached hydrogen (secondary N) is 2. The van der Waals surface area contributed by atoms with Crippen LogP contribution in [0.3, 0.4) is 0 Å². The zero-order chi connectivity index (χ0) is 17.2. The Morgan fingerprint density at radius 3 is 3.00 bits per heavy atom. The summed E-state index contributed by atoms with van der Waals surface area (Å²) in [4.78, 5) is 14.0. The SMILES string of the molecule is N#Cc1n[nH]nc1-c1cccc(COc2ccc3[nH]c(=O)sc3c2)c1. The molecule has 2 N–H and O–H groups in total. The third kappa shape index (κ3) is 3.00. The van der Waals surface area contributed by atoms with Gasteiger partial charge >= 0.3 is 4.87 Å². The second-order valence-electron chi connectivity index (χ2n) is 5.29. The van der Waals surface area contributed by atoms with Gasteiger partial charge in [0.2, 0.25) is 0 Å². The molecule has 0 spiro atoms. The molecule has 0 aliphatic carbocycles. The second kappa shape index (κ2) is 6.22. The molecule has 2 aromatic heterocycles. The molecule has 7 nitrogen and oxygen atoms in total. The van der Waals surface area contributed by atoms with E-state index in [1.807, 2.05) is 48.5 Å². The van der Waals surface area contributed by atoms with Crippen molar-refractivity contribution in [1.82, 2.24) is 20.4 Å². The van der Waals surface area contributed by atoms with Gasteiger partial charge in [0.1, 0.15) is 24.1 Å². The molecule has 0 fully saturated rings. The van der Waals surface area contributed by atoms with Crippen LogP contribution in [0.25, 0.3) is 21.5 Å². The summed E-state index contributed by atoms with van der Waals surface area (Å²) in [5.41, 5.74) is 3.31. The predicted molar refractivity (Wildman–Crippen MR) is 93.3 cm³/mol. The van der Waals surface area contributed by atoms with E-state index in [1.165, 1.54) is 0 Å². The standard InChI is InChI=1S/C17H11N5O2S/c18-8-14-16(21-22-20-14)11-3-1-2-10(6-11)9-24-12-4-5-13-15(7-12)25-17(23)19-13/h1-7H,9H2,(H,19,23)(H,20,21,22). The zero-order valence-electron chi connectivity index (χ0n) is 12.8. The first-order valence-electron chi connectivity index (χ1n) is 7.39. The monoisotopic (exact) mass is 349 g/mol. The summed E-state index contributed by atoms with van der Waals surface area (Å²) >= 11 is 1.15. The number of nitrogens with zero attached hydrogens (tertiary/aromatic N) is 3. The molecule has 0 bridgehead atoms. The molecule has 0 saturated heterocycles. The van der Waals surface area contributed by atoms with Crippen molar-refractivity contribution in [1.29, 1.82) is 5.26 Å². The van der Waals surface area contributed by atoms with Gasteiger partial charge in [-0.25, -0.2) is 0 Å². The Morgan fingerprint density at radius 1 is 1.20 bits per heavy atom. The molecule has 0 aliphatic rings. The fraction of sp³-hybridized carbons (Fsp3) is 0.0588. The van der Waals surface area contributed by atoms with E-state index in [-0.39, 0.29) is 10.6 Å². The van der Waals surface area contributed by atoms with Gasteiger partial charge < -0.3 is 9.72 Å². The van der Waals surface area contributed by atoms with Gasteiger partial charge in [-0.05, 0) is 29.8 Å². The van der Waals surface area contributed by atoms with Gasteiger partial charge in [-0.3, -0.25) is 4.79 Å². The maximum Gasteiger partial charge on any atom is 0.305 e. The summed E-state index contributed by atoms with van der Waals surface area (Å²) in [7, 11) is 0. The normalized spacial score (nSPS) is 10.7. The van der Waals surface area contributed by atoms with E-state index < -0.39 is 0 Å². The molecule has 0 unspecified atom stereocenters. The van der Waals surface area contributed by atoms with Gasteiger partial charge in [0.15, 0.2) is 5.69 Å². The minimum atomic E-state index is -0.0826. The molecule has 8 heteroatoms. The largest absolute Gasteiger partial charge is 0.489 e. The highest BCUT2D eigenvalue weighted by atomic mass is 32.1. The van der Waals surface area contributed by atoms with Crippen LogP contribution in [0.4, 0.5) is 0 Å². The summed E-state index contributed by atoms with van der Waals surface area (Å²) in [6, 6.07) is 15.1. The lowest BCUT2D eigenvalue weighted by Gasteiger charge is -2.07. The number of aromatic amines is 2. The molecule has 25 heavy (non-hydrogen) atoms. The van der Waals surface area contributed by atoms with Gasteiger partial charge in [-0.1, -0.05) is 29.5 Å². The van der Waals surface area contributed by atoms with E-state index in [0.29, 0.717) is 18.1 Å². The highest BCUT2D eigenvalue weighted by Gasteiger charge is 2.10. The van der Waals surface area contributed by atoms with E-state index in [1.54, 1.807) is 0 Å². The van der Waals surface area contributed by atoms with Gasteiger partial charge in [0.05, 0.1) is 10.2 Å². The Hall–Kier alpha value is -3.44. The predicted octanol–water partition coefficient (Wildman–Crippen LogP) is 2.83. The smallest absolute Gasteiger partial charge is 0.305 e. The first kappa shape index (κ1) is 15.1. The highest BCUT2D eigenvalue weighted by Crippen LogP contribution is 2.24. The summed E-state index contributed by atoms with van der Waals surface area (Å²) in [6.45, 7) is 0.360. The maximum absolute atomic E-state index is 11.4. The van der Waals surface area contributed by atoms with Crippen LogP contribution < -0.4 is 9.61 Å². The molecule has 0 aliphatic heterocycles. The number of aromatic nitrogens is 4. The number of nitriles is 1. The van der Waals surface area contributed by atoms with Crippen molar-refractivity contribution in [3.05, 3.63) is 63.4 Å². The van der Waals surface area contributed by atoms with E-state index in [4.69, 9.17) is 10.00 Å². The Morgan fingerprint density at radius 2 is 2.12 bits per heavy atom. The molecule has 2 aromatic carbocycles. The van der Waals surface area contributed by atoms with Crippen LogP contribution in [-0.4, -0.2) is 20.4 Å². The van der Waals surface area contributed by atoms with Crippen molar-refractivity contribution in [3.63, 3.8) is 0 Å². The summed E-state index contributed by atoms with van der Waals surface area (Å²) in [6.07, 6.45) is 0. The van der Waals surface area contributed by atoms with Crippen LogP contribution in [-0.2, 0) is 6.61 Å². The number of H-pyrrole nitrogens is 2. The molecular weight excluding hydrogens is 338 g/mol. The van der Waals surface area contributed by atoms with Gasteiger partial charge in [-0.2, -0.15) is 15.6 Å². The molecule has 0 radical (unpaired) electrons. The number of ether oxygens (including phenoxy) is 1. The lowest BCUT2D eigenvalue weighted by Crippen LogP contribution is -1.96. The summed E-state index contributed by atoms with van der Waals surface area (Å²) in [5.74, 6) is 0.687. The quantitative estimate of drug-likeness (QED) is 0.589. The lowest BCUT2D eigenvalue weighted by atomic mass is 10.1. The van der Waals surface area contributed by atoms with Crippen LogP contribution in [0.15, 0.2) is 47.3 Å². The zero-order valence-corrected chi connectivity index (χ0v) is 13.6. The van der Waals surface area contributed by atoms with Gasteiger partial charge in [0.25, 0.3) is 0 Å². The van der Waals surface area contributed by atoms with E-state index in [0.717, 1.165) is 32.7 Å². The van der Waals surface area contributed by atoms with E-state index in [9.17, 15) is 4.79 Å². The lowest BCUT2D eigenvalue weighted by molar-refractivity contribution is 0.307.